The van der Waals surface area contributed by atoms with Crippen LogP contribution >= 0.6 is 15.9 Å². The van der Waals surface area contributed by atoms with Crippen LogP contribution < -0.4 is 5.73 Å². The third kappa shape index (κ3) is 2.23. The van der Waals surface area contributed by atoms with Gasteiger partial charge in [0.2, 0.25) is 0 Å². The summed E-state index contributed by atoms with van der Waals surface area (Å²) in [7, 11) is 1.87. The summed E-state index contributed by atoms with van der Waals surface area (Å²) < 4.78 is 2.77. The molecule has 0 aliphatic rings. The molecule has 0 saturated heterocycles. The number of benzene rings is 2. The van der Waals surface area contributed by atoms with Crippen molar-refractivity contribution in [1.82, 2.24) is 9.78 Å². The highest BCUT2D eigenvalue weighted by Gasteiger charge is 2.16. The van der Waals surface area contributed by atoms with Crippen molar-refractivity contribution < 1.29 is 0 Å². The highest BCUT2D eigenvalue weighted by Crippen LogP contribution is 2.35. The van der Waals surface area contributed by atoms with Crippen molar-refractivity contribution in [2.45, 2.75) is 0 Å². The molecule has 100 valence electrons. The molecule has 0 saturated carbocycles. The van der Waals surface area contributed by atoms with E-state index in [0.29, 0.717) is 5.82 Å². The van der Waals surface area contributed by atoms with Gasteiger partial charge in [-0.15, -0.1) is 0 Å². The van der Waals surface area contributed by atoms with Crippen molar-refractivity contribution in [1.29, 1.82) is 0 Å². The normalized spacial score (nSPS) is 10.7. The Bertz CT molecular complexity index is 730. The fourth-order valence-corrected chi connectivity index (χ4v) is 2.50. The molecule has 1 heterocycles. The number of anilines is 1. The van der Waals surface area contributed by atoms with E-state index in [4.69, 9.17) is 5.73 Å². The molecule has 0 aliphatic heterocycles. The smallest absolute Gasteiger partial charge is 0.129 e. The minimum atomic E-state index is 0.675. The molecule has 0 unspecified atom stereocenters. The van der Waals surface area contributed by atoms with Crippen LogP contribution in [0.4, 0.5) is 5.82 Å². The molecule has 0 fully saturated rings. The fourth-order valence-electron chi connectivity index (χ4n) is 2.24. The van der Waals surface area contributed by atoms with E-state index in [9.17, 15) is 0 Å². The molecule has 0 amide bonds. The maximum absolute atomic E-state index is 6.19. The number of nitrogens with two attached hydrogens (primary N) is 1. The molecule has 2 aromatic carbocycles. The van der Waals surface area contributed by atoms with Gasteiger partial charge in [0.15, 0.2) is 0 Å². The van der Waals surface area contributed by atoms with Gasteiger partial charge in [-0.05, 0) is 17.7 Å². The lowest BCUT2D eigenvalue weighted by Gasteiger charge is -2.04. The van der Waals surface area contributed by atoms with Gasteiger partial charge in [0.05, 0.1) is 5.56 Å². The monoisotopic (exact) mass is 327 g/mol. The predicted molar refractivity (Wildman–Crippen MR) is 86.2 cm³/mol. The highest BCUT2D eigenvalue weighted by atomic mass is 79.9. The van der Waals surface area contributed by atoms with Crippen molar-refractivity contribution in [3.05, 3.63) is 59.1 Å². The van der Waals surface area contributed by atoms with Crippen molar-refractivity contribution in [3.63, 3.8) is 0 Å². The number of aryl methyl sites for hydroxylation is 1. The van der Waals surface area contributed by atoms with Crippen molar-refractivity contribution >= 4 is 21.7 Å². The fraction of sp³-hybridized carbons (Fsp3) is 0.0625. The Balaban J connectivity index is 2.22. The van der Waals surface area contributed by atoms with E-state index in [0.717, 1.165) is 26.9 Å². The van der Waals surface area contributed by atoms with E-state index in [1.165, 1.54) is 0 Å². The summed E-state index contributed by atoms with van der Waals surface area (Å²) in [5.41, 5.74) is 10.2. The number of rotatable bonds is 2. The second-order valence-electron chi connectivity index (χ2n) is 4.61. The third-order valence-corrected chi connectivity index (χ3v) is 3.80. The summed E-state index contributed by atoms with van der Waals surface area (Å²) >= 11 is 3.45. The zero-order valence-electron chi connectivity index (χ0n) is 11.0. The number of hydrogen-bond acceptors (Lipinski definition) is 2. The molecule has 2 N–H and O–H groups in total. The molecule has 3 aromatic rings. The van der Waals surface area contributed by atoms with Gasteiger partial charge in [0.25, 0.3) is 0 Å². The lowest BCUT2D eigenvalue weighted by Crippen LogP contribution is -1.97. The van der Waals surface area contributed by atoms with Crippen LogP contribution in [0.2, 0.25) is 0 Å². The Morgan fingerprint density at radius 2 is 1.60 bits per heavy atom. The first-order valence-corrected chi connectivity index (χ1v) is 7.10. The van der Waals surface area contributed by atoms with E-state index >= 15 is 0 Å². The van der Waals surface area contributed by atoms with E-state index in [1.54, 1.807) is 4.68 Å². The molecule has 3 nitrogen and oxygen atoms in total. The summed E-state index contributed by atoms with van der Waals surface area (Å²) in [6, 6.07) is 18.2. The van der Waals surface area contributed by atoms with Crippen LogP contribution in [0.15, 0.2) is 59.1 Å². The molecule has 20 heavy (non-hydrogen) atoms. The SMILES string of the molecule is Cn1nc(-c2ccc(Br)cc2)c(-c2ccccc2)c1N. The minimum Gasteiger partial charge on any atom is -0.383 e. The Kier molecular flexibility index (Phi) is 3.32. The van der Waals surface area contributed by atoms with Crippen molar-refractivity contribution in [3.8, 4) is 22.4 Å². The highest BCUT2D eigenvalue weighted by molar-refractivity contribution is 9.10. The molecule has 0 aliphatic carbocycles. The first-order chi connectivity index (χ1) is 9.66. The van der Waals surface area contributed by atoms with Gasteiger partial charge in [-0.1, -0.05) is 58.4 Å². The second kappa shape index (κ2) is 5.13. The van der Waals surface area contributed by atoms with E-state index in [2.05, 4.69) is 33.2 Å². The molecular formula is C16H14BrN3. The van der Waals surface area contributed by atoms with E-state index in [-0.39, 0.29) is 0 Å². The lowest BCUT2D eigenvalue weighted by molar-refractivity contribution is 0.782. The maximum atomic E-state index is 6.19. The zero-order chi connectivity index (χ0) is 14.1. The molecule has 1 aromatic heterocycles. The van der Waals surface area contributed by atoms with Crippen LogP contribution in [0.5, 0.6) is 0 Å². The molecular weight excluding hydrogens is 314 g/mol. The largest absolute Gasteiger partial charge is 0.383 e. The van der Waals surface area contributed by atoms with Gasteiger partial charge in [-0.25, -0.2) is 0 Å². The summed E-state index contributed by atoms with van der Waals surface area (Å²) in [6.07, 6.45) is 0. The van der Waals surface area contributed by atoms with Crippen LogP contribution in [0.25, 0.3) is 22.4 Å². The van der Waals surface area contributed by atoms with Crippen molar-refractivity contribution in [2.24, 2.45) is 7.05 Å². The molecule has 0 radical (unpaired) electrons. The molecule has 0 spiro atoms. The van der Waals surface area contributed by atoms with Gasteiger partial charge < -0.3 is 5.73 Å². The molecule has 0 bridgehead atoms. The summed E-state index contributed by atoms with van der Waals surface area (Å²) in [5.74, 6) is 0.675. The van der Waals surface area contributed by atoms with Crippen LogP contribution in [0, 0.1) is 0 Å². The van der Waals surface area contributed by atoms with Crippen molar-refractivity contribution in [2.75, 3.05) is 5.73 Å². The van der Waals surface area contributed by atoms with E-state index < -0.39 is 0 Å². The molecule has 4 heteroatoms. The second-order valence-corrected chi connectivity index (χ2v) is 5.52. The number of nitrogens with zero attached hydrogens (tertiary/aromatic N) is 2. The minimum absolute atomic E-state index is 0.675. The average molecular weight is 328 g/mol. The Morgan fingerprint density at radius 3 is 2.25 bits per heavy atom. The number of hydrogen-bond donors (Lipinski definition) is 1. The van der Waals surface area contributed by atoms with Crippen LogP contribution in [-0.2, 0) is 7.05 Å². The van der Waals surface area contributed by atoms with Crippen LogP contribution in [-0.4, -0.2) is 9.78 Å². The van der Waals surface area contributed by atoms with Gasteiger partial charge in [-0.2, -0.15) is 5.10 Å². The van der Waals surface area contributed by atoms with Gasteiger partial charge in [0.1, 0.15) is 11.5 Å². The summed E-state index contributed by atoms with van der Waals surface area (Å²) in [5, 5.41) is 4.56. The third-order valence-electron chi connectivity index (χ3n) is 3.27. The van der Waals surface area contributed by atoms with Crippen LogP contribution in [0.1, 0.15) is 0 Å². The van der Waals surface area contributed by atoms with Gasteiger partial charge >= 0.3 is 0 Å². The quantitative estimate of drug-likeness (QED) is 0.770. The Morgan fingerprint density at radius 1 is 0.950 bits per heavy atom. The number of nitrogen functional groups attached to an aromatic ring is 1. The van der Waals surface area contributed by atoms with Crippen LogP contribution in [0.3, 0.4) is 0 Å². The predicted octanol–water partition coefficient (Wildman–Crippen LogP) is 4.10. The number of halogens is 1. The van der Waals surface area contributed by atoms with Gasteiger partial charge in [0, 0.05) is 17.1 Å². The molecule has 3 rings (SSSR count). The number of aromatic nitrogens is 2. The lowest BCUT2D eigenvalue weighted by atomic mass is 10.0. The first-order valence-electron chi connectivity index (χ1n) is 6.30. The standard InChI is InChI=1S/C16H14BrN3/c1-20-16(18)14(11-5-3-2-4-6-11)15(19-20)12-7-9-13(17)10-8-12/h2-10H,18H2,1H3. The van der Waals surface area contributed by atoms with E-state index in [1.807, 2.05) is 49.5 Å². The first kappa shape index (κ1) is 12.9. The molecule has 0 atom stereocenters. The van der Waals surface area contributed by atoms with Gasteiger partial charge in [-0.3, -0.25) is 4.68 Å². The summed E-state index contributed by atoms with van der Waals surface area (Å²) in [6.45, 7) is 0. The average Bonchev–Trinajstić information content (AvgIpc) is 2.77. The topological polar surface area (TPSA) is 43.8 Å². The Hall–Kier alpha value is -2.07. The Labute approximate surface area is 126 Å². The summed E-state index contributed by atoms with van der Waals surface area (Å²) in [4.78, 5) is 0. The maximum Gasteiger partial charge on any atom is 0.129 e. The zero-order valence-corrected chi connectivity index (χ0v) is 12.6.